The van der Waals surface area contributed by atoms with Gasteiger partial charge in [-0.05, 0) is 31.4 Å². The van der Waals surface area contributed by atoms with E-state index in [-0.39, 0.29) is 0 Å². The summed E-state index contributed by atoms with van der Waals surface area (Å²) < 4.78 is 5.34. The van der Waals surface area contributed by atoms with E-state index in [9.17, 15) is 0 Å². The molecule has 1 aromatic heterocycles. The standard InChI is InChI=1S/C8H12O.C8H12/c1-6(2)8-5-4-7(3)9-8;1-7(2)8-5-3-4-6-8/h4-6H,1-3H3;3-5,7H,6H2,1-2H3. The molecule has 0 bridgehead atoms. The van der Waals surface area contributed by atoms with Gasteiger partial charge in [0.05, 0.1) is 0 Å². The smallest absolute Gasteiger partial charge is 0.106 e. The minimum Gasteiger partial charge on any atom is -0.466 e. The predicted molar refractivity (Wildman–Crippen MR) is 74.2 cm³/mol. The van der Waals surface area contributed by atoms with Crippen molar-refractivity contribution in [2.75, 3.05) is 0 Å². The van der Waals surface area contributed by atoms with Gasteiger partial charge < -0.3 is 4.42 Å². The molecule has 0 aromatic carbocycles. The molecule has 0 radical (unpaired) electrons. The SMILES string of the molecule is CC(C)C1=CC=CC1.Cc1ccc(C(C)C)o1. The van der Waals surface area contributed by atoms with E-state index >= 15 is 0 Å². The minimum absolute atomic E-state index is 0.513. The summed E-state index contributed by atoms with van der Waals surface area (Å²) in [6.45, 7) is 10.7. The van der Waals surface area contributed by atoms with Gasteiger partial charge in [-0.15, -0.1) is 0 Å². The Labute approximate surface area is 105 Å². The van der Waals surface area contributed by atoms with Crippen LogP contribution < -0.4 is 0 Å². The Bertz CT molecular complexity index is 391. The fraction of sp³-hybridized carbons (Fsp3) is 0.500. The Morgan fingerprint density at radius 3 is 2.00 bits per heavy atom. The van der Waals surface area contributed by atoms with Crippen LogP contribution in [0.25, 0.3) is 0 Å². The van der Waals surface area contributed by atoms with E-state index in [0.717, 1.165) is 17.4 Å². The first-order valence-electron chi connectivity index (χ1n) is 6.42. The van der Waals surface area contributed by atoms with Crippen molar-refractivity contribution in [2.24, 2.45) is 5.92 Å². The number of hydrogen-bond acceptors (Lipinski definition) is 1. The Hall–Kier alpha value is -1.24. The van der Waals surface area contributed by atoms with E-state index in [2.05, 4.69) is 45.9 Å². The normalized spacial score (nSPS) is 13.9. The summed E-state index contributed by atoms with van der Waals surface area (Å²) in [6, 6.07) is 4.02. The van der Waals surface area contributed by atoms with Crippen LogP contribution in [-0.4, -0.2) is 0 Å². The van der Waals surface area contributed by atoms with Crippen LogP contribution in [0.5, 0.6) is 0 Å². The molecule has 1 heteroatoms. The van der Waals surface area contributed by atoms with Crippen LogP contribution in [-0.2, 0) is 0 Å². The maximum atomic E-state index is 5.34. The van der Waals surface area contributed by atoms with Gasteiger partial charge >= 0.3 is 0 Å². The quantitative estimate of drug-likeness (QED) is 0.679. The molecule has 1 heterocycles. The fourth-order valence-corrected chi connectivity index (χ4v) is 1.66. The van der Waals surface area contributed by atoms with Crippen molar-refractivity contribution >= 4 is 0 Å². The van der Waals surface area contributed by atoms with Crippen LogP contribution in [0.3, 0.4) is 0 Å². The number of furan rings is 1. The first-order chi connectivity index (χ1) is 8.00. The van der Waals surface area contributed by atoms with Gasteiger partial charge in [-0.1, -0.05) is 51.5 Å². The number of rotatable bonds is 2. The number of hydrogen-bond donors (Lipinski definition) is 0. The predicted octanol–water partition coefficient (Wildman–Crippen LogP) is 5.24. The monoisotopic (exact) mass is 232 g/mol. The summed E-state index contributed by atoms with van der Waals surface area (Å²) in [5, 5.41) is 0. The van der Waals surface area contributed by atoms with Gasteiger partial charge in [0.15, 0.2) is 0 Å². The molecule has 0 amide bonds. The average molecular weight is 232 g/mol. The molecule has 1 nitrogen and oxygen atoms in total. The summed E-state index contributed by atoms with van der Waals surface area (Å²) in [4.78, 5) is 0. The van der Waals surface area contributed by atoms with Gasteiger partial charge in [0.25, 0.3) is 0 Å². The molecule has 0 saturated carbocycles. The fourth-order valence-electron chi connectivity index (χ4n) is 1.66. The molecule has 0 unspecified atom stereocenters. The van der Waals surface area contributed by atoms with Crippen molar-refractivity contribution in [3.63, 3.8) is 0 Å². The molecule has 0 atom stereocenters. The maximum Gasteiger partial charge on any atom is 0.106 e. The zero-order chi connectivity index (χ0) is 12.8. The van der Waals surface area contributed by atoms with E-state index in [1.807, 2.05) is 19.1 Å². The zero-order valence-corrected chi connectivity index (χ0v) is 11.7. The summed E-state index contributed by atoms with van der Waals surface area (Å²) in [6.07, 6.45) is 7.73. The van der Waals surface area contributed by atoms with E-state index < -0.39 is 0 Å². The number of allylic oxidation sites excluding steroid dienone is 4. The molecular formula is C16H24O. The second-order valence-corrected chi connectivity index (χ2v) is 5.13. The third kappa shape index (κ3) is 4.64. The largest absolute Gasteiger partial charge is 0.466 e. The van der Waals surface area contributed by atoms with Gasteiger partial charge in [-0.25, -0.2) is 0 Å². The zero-order valence-electron chi connectivity index (χ0n) is 11.7. The molecule has 0 spiro atoms. The Morgan fingerprint density at radius 2 is 1.76 bits per heavy atom. The molecule has 0 saturated heterocycles. The summed E-state index contributed by atoms with van der Waals surface area (Å²) in [7, 11) is 0. The van der Waals surface area contributed by atoms with E-state index in [1.165, 1.54) is 6.42 Å². The summed E-state index contributed by atoms with van der Waals surface area (Å²) >= 11 is 0. The molecule has 2 rings (SSSR count). The van der Waals surface area contributed by atoms with Gasteiger partial charge in [-0.3, -0.25) is 0 Å². The maximum absolute atomic E-state index is 5.34. The Morgan fingerprint density at radius 1 is 1.06 bits per heavy atom. The third-order valence-corrected chi connectivity index (χ3v) is 2.87. The van der Waals surface area contributed by atoms with Crippen LogP contribution in [0, 0.1) is 12.8 Å². The molecule has 1 aliphatic carbocycles. The van der Waals surface area contributed by atoms with E-state index in [4.69, 9.17) is 4.42 Å². The van der Waals surface area contributed by atoms with Crippen molar-refractivity contribution in [2.45, 2.75) is 47.0 Å². The van der Waals surface area contributed by atoms with Crippen LogP contribution in [0.15, 0.2) is 40.4 Å². The lowest BCUT2D eigenvalue weighted by Gasteiger charge is -2.02. The van der Waals surface area contributed by atoms with Gasteiger partial charge in [0.1, 0.15) is 11.5 Å². The molecule has 94 valence electrons. The van der Waals surface area contributed by atoms with Crippen LogP contribution in [0.2, 0.25) is 0 Å². The van der Waals surface area contributed by atoms with E-state index in [1.54, 1.807) is 5.57 Å². The summed E-state index contributed by atoms with van der Waals surface area (Å²) in [5.41, 5.74) is 1.56. The topological polar surface area (TPSA) is 13.1 Å². The second-order valence-electron chi connectivity index (χ2n) is 5.13. The highest BCUT2D eigenvalue weighted by atomic mass is 16.3. The second kappa shape index (κ2) is 6.48. The molecule has 17 heavy (non-hydrogen) atoms. The molecule has 0 aliphatic heterocycles. The van der Waals surface area contributed by atoms with Crippen molar-refractivity contribution in [1.82, 2.24) is 0 Å². The third-order valence-electron chi connectivity index (χ3n) is 2.87. The van der Waals surface area contributed by atoms with Gasteiger partial charge in [0, 0.05) is 5.92 Å². The van der Waals surface area contributed by atoms with Gasteiger partial charge in [-0.2, -0.15) is 0 Å². The highest BCUT2D eigenvalue weighted by molar-refractivity contribution is 5.23. The molecule has 0 N–H and O–H groups in total. The molecule has 1 aliphatic rings. The summed E-state index contributed by atoms with van der Waals surface area (Å²) in [5.74, 6) is 3.33. The first kappa shape index (κ1) is 13.8. The lowest BCUT2D eigenvalue weighted by Crippen LogP contribution is -1.88. The number of aryl methyl sites for hydroxylation is 1. The van der Waals surface area contributed by atoms with Crippen LogP contribution in [0.1, 0.15) is 51.6 Å². The van der Waals surface area contributed by atoms with Crippen molar-refractivity contribution in [3.8, 4) is 0 Å². The van der Waals surface area contributed by atoms with Crippen molar-refractivity contribution in [3.05, 3.63) is 47.5 Å². The van der Waals surface area contributed by atoms with Crippen molar-refractivity contribution in [1.29, 1.82) is 0 Å². The first-order valence-corrected chi connectivity index (χ1v) is 6.42. The van der Waals surface area contributed by atoms with Gasteiger partial charge in [0.2, 0.25) is 0 Å². The Kier molecular flexibility index (Phi) is 5.27. The minimum atomic E-state index is 0.513. The van der Waals surface area contributed by atoms with Crippen LogP contribution >= 0.6 is 0 Å². The van der Waals surface area contributed by atoms with Crippen LogP contribution in [0.4, 0.5) is 0 Å². The highest BCUT2D eigenvalue weighted by Crippen LogP contribution is 2.18. The molecular weight excluding hydrogens is 208 g/mol. The molecule has 1 aromatic rings. The molecule has 0 fully saturated rings. The Balaban J connectivity index is 0.000000171. The average Bonchev–Trinajstić information content (AvgIpc) is 2.87. The lowest BCUT2D eigenvalue weighted by molar-refractivity contribution is 0.463. The lowest BCUT2D eigenvalue weighted by atomic mass is 10.0. The highest BCUT2D eigenvalue weighted by Gasteiger charge is 2.02. The van der Waals surface area contributed by atoms with E-state index in [0.29, 0.717) is 5.92 Å². The van der Waals surface area contributed by atoms with Crippen molar-refractivity contribution < 1.29 is 4.42 Å².